The summed E-state index contributed by atoms with van der Waals surface area (Å²) < 4.78 is 5.40. The van der Waals surface area contributed by atoms with Crippen LogP contribution in [0, 0.1) is 13.8 Å². The highest BCUT2D eigenvalue weighted by Gasteiger charge is 2.32. The lowest BCUT2D eigenvalue weighted by Crippen LogP contribution is -2.35. The number of ether oxygens (including phenoxy) is 1. The number of hydrogen-bond donors (Lipinski definition) is 5. The van der Waals surface area contributed by atoms with Crippen LogP contribution in [0.3, 0.4) is 0 Å². The molecule has 1 aliphatic rings. The molecule has 0 spiro atoms. The van der Waals surface area contributed by atoms with Gasteiger partial charge < -0.3 is 35.7 Å². The molecule has 1 aromatic heterocycles. The summed E-state index contributed by atoms with van der Waals surface area (Å²) in [5.41, 5.74) is 3.89. The minimum absolute atomic E-state index is 0.0632. The van der Waals surface area contributed by atoms with Crippen LogP contribution in [0.4, 0.5) is 5.69 Å². The van der Waals surface area contributed by atoms with E-state index in [0.717, 1.165) is 19.6 Å². The van der Waals surface area contributed by atoms with E-state index in [1.807, 2.05) is 13.8 Å². The molecule has 1 aliphatic heterocycles. The second-order valence-corrected chi connectivity index (χ2v) is 8.50. The minimum atomic E-state index is -0.465. The van der Waals surface area contributed by atoms with Crippen molar-refractivity contribution in [2.24, 2.45) is 0 Å². The summed E-state index contributed by atoms with van der Waals surface area (Å²) in [4.78, 5) is 44.2. The third-order valence-electron chi connectivity index (χ3n) is 6.37. The Balaban J connectivity index is 1.97. The summed E-state index contributed by atoms with van der Waals surface area (Å²) in [6.07, 6.45) is 1.65. The highest BCUT2D eigenvalue weighted by molar-refractivity contribution is 6.36. The van der Waals surface area contributed by atoms with Gasteiger partial charge in [-0.1, -0.05) is 13.8 Å². The first-order valence-electron chi connectivity index (χ1n) is 12.1. The van der Waals surface area contributed by atoms with Crippen molar-refractivity contribution in [3.05, 3.63) is 45.8 Å². The molecule has 0 bridgehead atoms. The Labute approximate surface area is 211 Å². The van der Waals surface area contributed by atoms with Gasteiger partial charge in [-0.25, -0.2) is 0 Å². The van der Waals surface area contributed by atoms with Gasteiger partial charge in [-0.2, -0.15) is 0 Å². The van der Waals surface area contributed by atoms with Gasteiger partial charge in [0.1, 0.15) is 5.75 Å². The third-order valence-corrected chi connectivity index (χ3v) is 6.37. The quantitative estimate of drug-likeness (QED) is 0.301. The molecular weight excluding hydrogens is 462 g/mol. The fraction of sp³-hybridized carbons (Fsp3) is 0.423. The van der Waals surface area contributed by atoms with Gasteiger partial charge in [0.25, 0.3) is 17.7 Å². The number of nitrogens with one attached hydrogen (secondary N) is 4. The maximum absolute atomic E-state index is 12.9. The van der Waals surface area contributed by atoms with Crippen molar-refractivity contribution in [2.75, 3.05) is 51.8 Å². The number of H-pyrrole nitrogens is 1. The van der Waals surface area contributed by atoms with Gasteiger partial charge >= 0.3 is 0 Å². The van der Waals surface area contributed by atoms with Gasteiger partial charge in [0, 0.05) is 36.6 Å². The average Bonchev–Trinajstić information content (AvgIpc) is 3.33. The van der Waals surface area contributed by atoms with Crippen molar-refractivity contribution in [2.45, 2.75) is 27.7 Å². The molecule has 0 aliphatic carbocycles. The van der Waals surface area contributed by atoms with Gasteiger partial charge in [0.05, 0.1) is 36.1 Å². The van der Waals surface area contributed by atoms with E-state index in [1.54, 1.807) is 18.2 Å². The van der Waals surface area contributed by atoms with Crippen LogP contribution in [0.15, 0.2) is 12.1 Å². The average molecular weight is 498 g/mol. The van der Waals surface area contributed by atoms with E-state index in [2.05, 4.69) is 39.7 Å². The van der Waals surface area contributed by atoms with E-state index in [1.165, 1.54) is 7.11 Å². The predicted molar refractivity (Wildman–Crippen MR) is 139 cm³/mol. The summed E-state index contributed by atoms with van der Waals surface area (Å²) in [7, 11) is 1.45. The number of likely N-dealkylation sites (N-methyl/N-ethyl adjacent to an activating group) is 1. The molecule has 10 nitrogen and oxygen atoms in total. The number of rotatable bonds is 11. The topological polar surface area (TPSA) is 136 Å². The number of carbonyl (C=O) groups is 3. The fourth-order valence-electron chi connectivity index (χ4n) is 4.42. The van der Waals surface area contributed by atoms with E-state index in [9.17, 15) is 14.4 Å². The molecule has 3 rings (SSSR count). The lowest BCUT2D eigenvalue weighted by atomic mass is 9.97. The molecular formula is C26H35N5O5. The fourth-order valence-corrected chi connectivity index (χ4v) is 4.42. The summed E-state index contributed by atoms with van der Waals surface area (Å²) >= 11 is 0. The second kappa shape index (κ2) is 11.9. The number of anilines is 1. The Hall–Kier alpha value is -3.63. The number of aryl methyl sites for hydroxylation is 1. The molecule has 0 fully saturated rings. The van der Waals surface area contributed by atoms with Crippen LogP contribution in [0.2, 0.25) is 0 Å². The Morgan fingerprint density at radius 2 is 1.75 bits per heavy atom. The van der Waals surface area contributed by atoms with Crippen molar-refractivity contribution in [1.29, 1.82) is 0 Å². The molecule has 194 valence electrons. The van der Waals surface area contributed by atoms with Crippen LogP contribution in [0.5, 0.6) is 5.75 Å². The molecule has 5 N–H and O–H groups in total. The van der Waals surface area contributed by atoms with Crippen molar-refractivity contribution in [3.63, 3.8) is 0 Å². The van der Waals surface area contributed by atoms with E-state index in [4.69, 9.17) is 9.84 Å². The monoisotopic (exact) mass is 497 g/mol. The minimum Gasteiger partial charge on any atom is -0.496 e. The number of fused-ring (bicyclic) bond motifs is 1. The number of aromatic nitrogens is 1. The van der Waals surface area contributed by atoms with Crippen molar-refractivity contribution in [3.8, 4) is 5.75 Å². The molecule has 0 saturated heterocycles. The van der Waals surface area contributed by atoms with Gasteiger partial charge in [0.15, 0.2) is 0 Å². The molecule has 36 heavy (non-hydrogen) atoms. The van der Waals surface area contributed by atoms with Gasteiger partial charge in [-0.15, -0.1) is 0 Å². The number of aliphatic hydroxyl groups is 1. The Bertz CT molecular complexity index is 1180. The largest absolute Gasteiger partial charge is 0.496 e. The number of hydrogen-bond acceptors (Lipinski definition) is 6. The van der Waals surface area contributed by atoms with E-state index < -0.39 is 5.91 Å². The normalized spacial score (nSPS) is 13.6. The first-order chi connectivity index (χ1) is 17.3. The molecule has 0 unspecified atom stereocenters. The van der Waals surface area contributed by atoms with Crippen LogP contribution in [-0.2, 0) is 4.79 Å². The summed E-state index contributed by atoms with van der Waals surface area (Å²) in [6.45, 7) is 10.8. The van der Waals surface area contributed by atoms with Crippen LogP contribution >= 0.6 is 0 Å². The Kier molecular flexibility index (Phi) is 8.89. The van der Waals surface area contributed by atoms with E-state index >= 15 is 0 Å². The molecule has 2 heterocycles. The molecule has 0 saturated carbocycles. The number of aromatic amines is 1. The first kappa shape index (κ1) is 27.0. The van der Waals surface area contributed by atoms with Gasteiger partial charge in [-0.3, -0.25) is 14.4 Å². The molecule has 2 aromatic rings. The van der Waals surface area contributed by atoms with Crippen LogP contribution in [0.25, 0.3) is 11.6 Å². The smallest absolute Gasteiger partial charge is 0.256 e. The van der Waals surface area contributed by atoms with Crippen LogP contribution in [-0.4, -0.2) is 79.2 Å². The van der Waals surface area contributed by atoms with Crippen LogP contribution in [0.1, 0.15) is 57.1 Å². The standard InChI is InChI=1S/C26H35N5O5/c1-6-31(7-2)12-10-27-25(34)21-15(3)19(29-16(21)4)14-17-22-18(30-24(17)33)8-9-20(36-5)23(22)26(35)28-11-13-32/h8-9,14,29,32H,6-7,10-13H2,1-5H3,(H,27,34)(H,28,35)(H,30,33). The highest BCUT2D eigenvalue weighted by Crippen LogP contribution is 2.40. The summed E-state index contributed by atoms with van der Waals surface area (Å²) in [5, 5.41) is 17.5. The van der Waals surface area contributed by atoms with Gasteiger partial charge in [0.2, 0.25) is 0 Å². The maximum Gasteiger partial charge on any atom is 0.256 e. The number of benzene rings is 1. The summed E-state index contributed by atoms with van der Waals surface area (Å²) in [5.74, 6) is -0.710. The number of amides is 3. The molecule has 0 atom stereocenters. The lowest BCUT2D eigenvalue weighted by molar-refractivity contribution is -0.110. The van der Waals surface area contributed by atoms with Crippen molar-refractivity contribution < 1.29 is 24.2 Å². The molecule has 10 heteroatoms. The van der Waals surface area contributed by atoms with Crippen molar-refractivity contribution >= 4 is 35.1 Å². The van der Waals surface area contributed by atoms with E-state index in [-0.39, 0.29) is 36.1 Å². The number of carbonyl (C=O) groups excluding carboxylic acids is 3. The number of nitrogens with zero attached hydrogens (tertiary/aromatic N) is 1. The zero-order valence-corrected chi connectivity index (χ0v) is 21.5. The Morgan fingerprint density at radius 3 is 2.39 bits per heavy atom. The zero-order chi connectivity index (χ0) is 26.4. The molecule has 3 amide bonds. The SMILES string of the molecule is CCN(CC)CCNC(=O)c1c(C)[nH]c(C=C2C(=O)Nc3ccc(OC)c(C(=O)NCCO)c32)c1C. The third kappa shape index (κ3) is 5.44. The summed E-state index contributed by atoms with van der Waals surface area (Å²) in [6, 6.07) is 3.29. The number of methoxy groups -OCH3 is 1. The predicted octanol–water partition coefficient (Wildman–Crippen LogP) is 1.93. The van der Waals surface area contributed by atoms with Crippen molar-refractivity contribution in [1.82, 2.24) is 20.5 Å². The lowest BCUT2D eigenvalue weighted by Gasteiger charge is -2.18. The molecule has 0 radical (unpaired) electrons. The van der Waals surface area contributed by atoms with Gasteiger partial charge in [-0.05, 0) is 50.7 Å². The van der Waals surface area contributed by atoms with E-state index in [0.29, 0.717) is 46.1 Å². The maximum atomic E-state index is 12.9. The Morgan fingerprint density at radius 1 is 1.08 bits per heavy atom. The molecule has 1 aromatic carbocycles. The number of aliphatic hydroxyl groups excluding tert-OH is 1. The van der Waals surface area contributed by atoms with Crippen LogP contribution < -0.4 is 20.7 Å². The second-order valence-electron chi connectivity index (χ2n) is 8.50. The highest BCUT2D eigenvalue weighted by atomic mass is 16.5. The first-order valence-corrected chi connectivity index (χ1v) is 12.1. The zero-order valence-electron chi connectivity index (χ0n) is 21.5.